The number of alkyl carbamates (subject to hydrolysis) is 1. The number of nitrogens with one attached hydrogen (secondary N) is 2. The number of ether oxygens (including phenoxy) is 1. The molecular formula is C13H20N4O4. The van der Waals surface area contributed by atoms with Gasteiger partial charge in [0.25, 0.3) is 0 Å². The Labute approximate surface area is 122 Å². The van der Waals surface area contributed by atoms with Crippen LogP contribution in [0.15, 0.2) is 23.3 Å². The molecule has 1 aromatic heterocycles. The molecule has 1 heterocycles. The van der Waals surface area contributed by atoms with Crippen molar-refractivity contribution in [2.24, 2.45) is 4.99 Å². The van der Waals surface area contributed by atoms with E-state index in [1.54, 1.807) is 46.1 Å². The van der Waals surface area contributed by atoms with Gasteiger partial charge >= 0.3 is 12.1 Å². The number of carboxylic acid groups (broad SMARTS) is 1. The summed E-state index contributed by atoms with van der Waals surface area (Å²) >= 11 is 0. The summed E-state index contributed by atoms with van der Waals surface area (Å²) in [5.41, 5.74) is 2.40. The highest BCUT2D eigenvalue weighted by Gasteiger charge is 2.18. The predicted octanol–water partition coefficient (Wildman–Crippen LogP) is 1.02. The van der Waals surface area contributed by atoms with Crippen molar-refractivity contribution in [2.75, 3.05) is 19.1 Å². The molecule has 8 nitrogen and oxygen atoms in total. The van der Waals surface area contributed by atoms with Crippen LogP contribution in [0.4, 0.5) is 4.79 Å². The first-order chi connectivity index (χ1) is 9.74. The number of nitrogens with zero attached hydrogens (tertiary/aromatic N) is 2. The van der Waals surface area contributed by atoms with E-state index in [4.69, 9.17) is 4.74 Å². The van der Waals surface area contributed by atoms with Crippen LogP contribution in [0, 0.1) is 0 Å². The third-order valence-electron chi connectivity index (χ3n) is 2.29. The van der Waals surface area contributed by atoms with E-state index >= 15 is 0 Å². The second-order valence-electron chi connectivity index (χ2n) is 5.14. The Balaban J connectivity index is 2.75. The zero-order chi connectivity index (χ0) is 16.0. The number of amides is 1. The summed E-state index contributed by atoms with van der Waals surface area (Å²) in [5.74, 6) is -1.18. The van der Waals surface area contributed by atoms with E-state index < -0.39 is 17.7 Å². The monoisotopic (exact) mass is 296 g/mol. The van der Waals surface area contributed by atoms with Crippen molar-refractivity contribution in [3.8, 4) is 0 Å². The van der Waals surface area contributed by atoms with Crippen molar-refractivity contribution in [1.82, 2.24) is 9.99 Å². The Morgan fingerprint density at radius 3 is 2.62 bits per heavy atom. The summed E-state index contributed by atoms with van der Waals surface area (Å²) in [6.45, 7) is 5.01. The van der Waals surface area contributed by atoms with Crippen LogP contribution < -0.4 is 10.7 Å². The third-order valence-corrected chi connectivity index (χ3v) is 2.29. The number of carbonyl (C=O) groups is 2. The minimum Gasteiger partial charge on any atom is -0.476 e. The molecule has 0 atom stereocenters. The first-order valence-corrected chi connectivity index (χ1v) is 6.34. The lowest BCUT2D eigenvalue weighted by Crippen LogP contribution is -2.33. The molecule has 0 fully saturated rings. The van der Waals surface area contributed by atoms with Gasteiger partial charge in [-0.3, -0.25) is 9.67 Å². The van der Waals surface area contributed by atoms with Gasteiger partial charge in [0, 0.05) is 13.2 Å². The van der Waals surface area contributed by atoms with Gasteiger partial charge in [0.05, 0.1) is 5.69 Å². The maximum Gasteiger partial charge on any atom is 0.409 e. The Morgan fingerprint density at radius 2 is 2.10 bits per heavy atom. The summed E-state index contributed by atoms with van der Waals surface area (Å²) < 4.78 is 6.55. The largest absolute Gasteiger partial charge is 0.476 e. The molecular weight excluding hydrogens is 276 g/mol. The van der Waals surface area contributed by atoms with E-state index in [-0.39, 0.29) is 12.4 Å². The highest BCUT2D eigenvalue weighted by atomic mass is 16.6. The first kappa shape index (κ1) is 16.5. The van der Waals surface area contributed by atoms with Crippen LogP contribution in [0.1, 0.15) is 26.5 Å². The molecule has 0 bridgehead atoms. The Hall–Kier alpha value is -2.51. The van der Waals surface area contributed by atoms with Gasteiger partial charge in [-0.2, -0.15) is 0 Å². The van der Waals surface area contributed by atoms with E-state index in [1.165, 1.54) is 4.68 Å². The van der Waals surface area contributed by atoms with E-state index in [2.05, 4.69) is 15.7 Å². The van der Waals surface area contributed by atoms with Crippen LogP contribution >= 0.6 is 0 Å². The Bertz CT molecular complexity index is 543. The molecule has 3 N–H and O–H groups in total. The summed E-state index contributed by atoms with van der Waals surface area (Å²) in [7, 11) is 1.65. The summed E-state index contributed by atoms with van der Waals surface area (Å²) in [5, 5.41) is 11.6. The number of carboxylic acids is 1. The van der Waals surface area contributed by atoms with Crippen molar-refractivity contribution in [2.45, 2.75) is 26.4 Å². The van der Waals surface area contributed by atoms with Crippen LogP contribution in [-0.2, 0) is 9.53 Å². The molecule has 1 amide bonds. The topological polar surface area (TPSA) is 105 Å². The van der Waals surface area contributed by atoms with Gasteiger partial charge in [0.15, 0.2) is 5.71 Å². The number of hydrogen-bond acceptors (Lipinski definition) is 5. The molecule has 0 unspecified atom stereocenters. The number of carbonyl (C=O) groups excluding carboxylic acids is 1. The average Bonchev–Trinajstić information content (AvgIpc) is 2.79. The third kappa shape index (κ3) is 5.17. The maximum atomic E-state index is 11.5. The van der Waals surface area contributed by atoms with E-state index in [9.17, 15) is 14.7 Å². The van der Waals surface area contributed by atoms with Gasteiger partial charge < -0.3 is 20.6 Å². The standard InChI is InChI=1S/C13H20N4O4/c1-13(2,3)21-12(20)16-8-15-10(11(18)19)9-6-5-7-17(9)14-4/h5-7,14H,8H2,1-4H3,(H,16,20)(H,18,19). The molecule has 8 heteroatoms. The van der Waals surface area contributed by atoms with E-state index in [0.717, 1.165) is 0 Å². The van der Waals surface area contributed by atoms with Crippen molar-refractivity contribution < 1.29 is 19.4 Å². The number of aromatic nitrogens is 1. The molecule has 0 aliphatic carbocycles. The fraction of sp³-hybridized carbons (Fsp3) is 0.462. The minimum atomic E-state index is -1.18. The highest BCUT2D eigenvalue weighted by molar-refractivity contribution is 6.42. The number of aliphatic imine (C=N–C) groups is 1. The fourth-order valence-corrected chi connectivity index (χ4v) is 1.52. The van der Waals surface area contributed by atoms with Crippen molar-refractivity contribution in [3.05, 3.63) is 24.0 Å². The Kier molecular flexibility index (Phi) is 5.34. The number of aliphatic carboxylic acids is 1. The predicted molar refractivity (Wildman–Crippen MR) is 78.1 cm³/mol. The maximum absolute atomic E-state index is 11.5. The van der Waals surface area contributed by atoms with E-state index in [0.29, 0.717) is 5.69 Å². The van der Waals surface area contributed by atoms with Gasteiger partial charge in [-0.25, -0.2) is 9.59 Å². The van der Waals surface area contributed by atoms with Crippen LogP contribution in [0.2, 0.25) is 0 Å². The van der Waals surface area contributed by atoms with Gasteiger partial charge in [-0.15, -0.1) is 0 Å². The SMILES string of the molecule is CNn1cccc1C(=NCNC(=O)OC(C)(C)C)C(=O)O. The van der Waals surface area contributed by atoms with E-state index in [1.807, 2.05) is 0 Å². The molecule has 0 saturated carbocycles. The van der Waals surface area contributed by atoms with Crippen LogP contribution in [-0.4, -0.2) is 46.9 Å². The number of rotatable bonds is 5. The fourth-order valence-electron chi connectivity index (χ4n) is 1.52. The molecule has 1 aromatic rings. The van der Waals surface area contributed by atoms with Gasteiger partial charge in [0.2, 0.25) is 0 Å². The molecule has 0 aromatic carbocycles. The molecule has 0 saturated heterocycles. The zero-order valence-corrected chi connectivity index (χ0v) is 12.5. The van der Waals surface area contributed by atoms with Crippen LogP contribution in [0.3, 0.4) is 0 Å². The van der Waals surface area contributed by atoms with Crippen molar-refractivity contribution >= 4 is 17.8 Å². The summed E-state index contributed by atoms with van der Waals surface area (Å²) in [4.78, 5) is 26.6. The first-order valence-electron chi connectivity index (χ1n) is 6.34. The minimum absolute atomic E-state index is 0.162. The van der Waals surface area contributed by atoms with Gasteiger partial charge in [-0.05, 0) is 32.9 Å². The molecule has 1 rings (SSSR count). The Morgan fingerprint density at radius 1 is 1.43 bits per heavy atom. The zero-order valence-electron chi connectivity index (χ0n) is 12.5. The van der Waals surface area contributed by atoms with Gasteiger partial charge in [0.1, 0.15) is 12.3 Å². The smallest absolute Gasteiger partial charge is 0.409 e. The molecule has 116 valence electrons. The molecule has 0 aliphatic heterocycles. The lowest BCUT2D eigenvalue weighted by atomic mass is 10.2. The summed E-state index contributed by atoms with van der Waals surface area (Å²) in [6.07, 6.45) is 1.01. The van der Waals surface area contributed by atoms with Gasteiger partial charge in [-0.1, -0.05) is 0 Å². The molecule has 21 heavy (non-hydrogen) atoms. The quantitative estimate of drug-likeness (QED) is 0.703. The molecule has 0 aliphatic rings. The number of hydrogen-bond donors (Lipinski definition) is 3. The van der Waals surface area contributed by atoms with Crippen LogP contribution in [0.25, 0.3) is 0 Å². The lowest BCUT2D eigenvalue weighted by molar-refractivity contribution is -0.129. The lowest BCUT2D eigenvalue weighted by Gasteiger charge is -2.19. The van der Waals surface area contributed by atoms with Crippen molar-refractivity contribution in [3.63, 3.8) is 0 Å². The highest BCUT2D eigenvalue weighted by Crippen LogP contribution is 2.06. The normalized spacial score (nSPS) is 11.9. The summed E-state index contributed by atoms with van der Waals surface area (Å²) in [6, 6.07) is 3.29. The van der Waals surface area contributed by atoms with Crippen LogP contribution in [0.5, 0.6) is 0 Å². The molecule has 0 radical (unpaired) electrons. The van der Waals surface area contributed by atoms with Crippen molar-refractivity contribution in [1.29, 1.82) is 0 Å². The second kappa shape index (κ2) is 6.78. The average molecular weight is 296 g/mol. The molecule has 0 spiro atoms. The second-order valence-corrected chi connectivity index (χ2v) is 5.14.